The molecular weight excluding hydrogens is 274 g/mol. The van der Waals surface area contributed by atoms with Crippen LogP contribution in [0.4, 0.5) is 0 Å². The Balaban J connectivity index is 1.64. The molecule has 0 aliphatic carbocycles. The average molecular weight is 289 g/mol. The van der Waals surface area contributed by atoms with Gasteiger partial charge in [0.1, 0.15) is 0 Å². The Kier molecular flexibility index (Phi) is 3.66. The fourth-order valence-corrected chi connectivity index (χ4v) is 2.95. The molecule has 0 saturated heterocycles. The van der Waals surface area contributed by atoms with E-state index in [0.29, 0.717) is 24.3 Å². The Hall–Kier alpha value is -1.92. The van der Waals surface area contributed by atoms with Crippen LogP contribution in [0.3, 0.4) is 0 Å². The van der Waals surface area contributed by atoms with Crippen molar-refractivity contribution < 1.29 is 4.42 Å². The SMILES string of the molecule is Cc1ccsc1CNCCn1c(=O)oc2cccnc21. The summed E-state index contributed by atoms with van der Waals surface area (Å²) in [6, 6.07) is 5.62. The van der Waals surface area contributed by atoms with Crippen molar-refractivity contribution in [3.05, 3.63) is 50.8 Å². The van der Waals surface area contributed by atoms with Crippen LogP contribution in [0.5, 0.6) is 0 Å². The van der Waals surface area contributed by atoms with Gasteiger partial charge in [-0.2, -0.15) is 0 Å². The van der Waals surface area contributed by atoms with Gasteiger partial charge in [-0.25, -0.2) is 9.78 Å². The molecule has 0 unspecified atom stereocenters. The molecule has 6 heteroatoms. The van der Waals surface area contributed by atoms with E-state index in [1.54, 1.807) is 34.2 Å². The smallest absolute Gasteiger partial charge is 0.406 e. The number of fused-ring (bicyclic) bond motifs is 1. The van der Waals surface area contributed by atoms with E-state index >= 15 is 0 Å². The summed E-state index contributed by atoms with van der Waals surface area (Å²) in [4.78, 5) is 17.3. The van der Waals surface area contributed by atoms with E-state index in [1.165, 1.54) is 10.4 Å². The van der Waals surface area contributed by atoms with Crippen LogP contribution in [0.25, 0.3) is 11.2 Å². The topological polar surface area (TPSA) is 60.1 Å². The molecule has 5 nitrogen and oxygen atoms in total. The van der Waals surface area contributed by atoms with Gasteiger partial charge in [-0.05, 0) is 36.1 Å². The van der Waals surface area contributed by atoms with Gasteiger partial charge in [-0.15, -0.1) is 11.3 Å². The minimum absolute atomic E-state index is 0.354. The van der Waals surface area contributed by atoms with Crippen molar-refractivity contribution in [3.8, 4) is 0 Å². The zero-order valence-electron chi connectivity index (χ0n) is 11.1. The van der Waals surface area contributed by atoms with Gasteiger partial charge < -0.3 is 9.73 Å². The van der Waals surface area contributed by atoms with Crippen LogP contribution in [-0.2, 0) is 13.1 Å². The van der Waals surface area contributed by atoms with Gasteiger partial charge in [-0.1, -0.05) is 0 Å². The fourth-order valence-electron chi connectivity index (χ4n) is 2.08. The highest BCUT2D eigenvalue weighted by molar-refractivity contribution is 7.10. The quantitative estimate of drug-likeness (QED) is 0.731. The van der Waals surface area contributed by atoms with Crippen LogP contribution < -0.4 is 11.1 Å². The van der Waals surface area contributed by atoms with Crippen molar-refractivity contribution in [1.82, 2.24) is 14.9 Å². The maximum Gasteiger partial charge on any atom is 0.421 e. The number of hydrogen-bond donors (Lipinski definition) is 1. The maximum atomic E-state index is 11.7. The van der Waals surface area contributed by atoms with E-state index < -0.39 is 0 Å². The lowest BCUT2D eigenvalue weighted by atomic mass is 10.3. The lowest BCUT2D eigenvalue weighted by Gasteiger charge is -2.04. The molecule has 0 fully saturated rings. The highest BCUT2D eigenvalue weighted by Gasteiger charge is 2.09. The van der Waals surface area contributed by atoms with Crippen LogP contribution in [0.15, 0.2) is 39.0 Å². The first-order valence-corrected chi connectivity index (χ1v) is 7.32. The normalized spacial score (nSPS) is 11.2. The Morgan fingerprint density at radius 2 is 2.35 bits per heavy atom. The molecule has 20 heavy (non-hydrogen) atoms. The van der Waals surface area contributed by atoms with E-state index in [9.17, 15) is 4.79 Å². The first-order valence-electron chi connectivity index (χ1n) is 6.44. The third-order valence-corrected chi connectivity index (χ3v) is 4.21. The van der Waals surface area contributed by atoms with E-state index in [-0.39, 0.29) is 5.76 Å². The van der Waals surface area contributed by atoms with Gasteiger partial charge in [0.2, 0.25) is 0 Å². The van der Waals surface area contributed by atoms with Crippen molar-refractivity contribution in [2.45, 2.75) is 20.0 Å². The van der Waals surface area contributed by atoms with Gasteiger partial charge in [0.25, 0.3) is 0 Å². The first kappa shape index (κ1) is 13.1. The molecule has 104 valence electrons. The second-order valence-electron chi connectivity index (χ2n) is 4.55. The molecule has 3 aromatic rings. The summed E-state index contributed by atoms with van der Waals surface area (Å²) in [5, 5.41) is 5.43. The second kappa shape index (κ2) is 5.60. The highest BCUT2D eigenvalue weighted by atomic mass is 32.1. The van der Waals surface area contributed by atoms with Crippen LogP contribution in [0, 0.1) is 6.92 Å². The largest absolute Gasteiger partial charge is 0.421 e. The number of aryl methyl sites for hydroxylation is 1. The monoisotopic (exact) mass is 289 g/mol. The van der Waals surface area contributed by atoms with Gasteiger partial charge in [0, 0.05) is 30.7 Å². The van der Waals surface area contributed by atoms with E-state index in [1.807, 2.05) is 0 Å². The van der Waals surface area contributed by atoms with Gasteiger partial charge in [0.05, 0.1) is 0 Å². The molecule has 0 saturated carbocycles. The third kappa shape index (κ3) is 2.52. The van der Waals surface area contributed by atoms with E-state index in [4.69, 9.17) is 4.42 Å². The molecule has 0 amide bonds. The number of pyridine rings is 1. The molecule has 0 atom stereocenters. The molecule has 0 aliphatic heterocycles. The van der Waals surface area contributed by atoms with Crippen LogP contribution in [0.1, 0.15) is 10.4 Å². The van der Waals surface area contributed by atoms with Gasteiger partial charge in [0.15, 0.2) is 11.2 Å². The van der Waals surface area contributed by atoms with E-state index in [2.05, 4.69) is 28.7 Å². The number of nitrogens with zero attached hydrogens (tertiary/aromatic N) is 2. The number of hydrogen-bond acceptors (Lipinski definition) is 5. The standard InChI is InChI=1S/C14H15N3O2S/c1-10-4-8-20-12(10)9-15-6-7-17-13-11(19-14(17)18)3-2-5-16-13/h2-5,8,15H,6-7,9H2,1H3. The molecule has 3 heterocycles. The predicted molar refractivity (Wildman–Crippen MR) is 79.0 cm³/mol. The Morgan fingerprint density at radius 1 is 1.45 bits per heavy atom. The molecule has 0 bridgehead atoms. The van der Waals surface area contributed by atoms with Crippen molar-refractivity contribution in [2.75, 3.05) is 6.54 Å². The molecule has 0 spiro atoms. The zero-order chi connectivity index (χ0) is 13.9. The minimum Gasteiger partial charge on any atom is -0.406 e. The molecule has 0 aromatic carbocycles. The maximum absolute atomic E-state index is 11.7. The van der Waals surface area contributed by atoms with Crippen molar-refractivity contribution in [1.29, 1.82) is 0 Å². The summed E-state index contributed by atoms with van der Waals surface area (Å²) in [5.41, 5.74) is 2.44. The lowest BCUT2D eigenvalue weighted by molar-refractivity contribution is 0.494. The third-order valence-electron chi connectivity index (χ3n) is 3.19. The molecule has 0 aliphatic rings. The summed E-state index contributed by atoms with van der Waals surface area (Å²) >= 11 is 1.74. The molecular formula is C14H15N3O2S. The number of thiophene rings is 1. The number of nitrogens with one attached hydrogen (secondary N) is 1. The fraction of sp³-hybridized carbons (Fsp3) is 0.286. The minimum atomic E-state index is -0.354. The molecule has 0 radical (unpaired) electrons. The molecule has 3 aromatic heterocycles. The first-order chi connectivity index (χ1) is 9.75. The summed E-state index contributed by atoms with van der Waals surface area (Å²) in [6.07, 6.45) is 1.66. The van der Waals surface area contributed by atoms with Crippen molar-refractivity contribution in [2.24, 2.45) is 0 Å². The summed E-state index contributed by atoms with van der Waals surface area (Å²) in [6.45, 7) is 4.17. The Labute approximate surface area is 119 Å². The Morgan fingerprint density at radius 3 is 3.15 bits per heavy atom. The zero-order valence-corrected chi connectivity index (χ0v) is 11.9. The van der Waals surface area contributed by atoms with Gasteiger partial charge >= 0.3 is 5.76 Å². The van der Waals surface area contributed by atoms with Crippen LogP contribution in [-0.4, -0.2) is 16.1 Å². The van der Waals surface area contributed by atoms with E-state index in [0.717, 1.165) is 6.54 Å². The van der Waals surface area contributed by atoms with Crippen LogP contribution in [0.2, 0.25) is 0 Å². The second-order valence-corrected chi connectivity index (χ2v) is 5.55. The number of rotatable bonds is 5. The average Bonchev–Trinajstić information content (AvgIpc) is 2.98. The summed E-state index contributed by atoms with van der Waals surface area (Å²) in [5.74, 6) is -0.354. The summed E-state index contributed by atoms with van der Waals surface area (Å²) in [7, 11) is 0. The van der Waals surface area contributed by atoms with Gasteiger partial charge in [-0.3, -0.25) is 4.57 Å². The van der Waals surface area contributed by atoms with Crippen molar-refractivity contribution in [3.63, 3.8) is 0 Å². The van der Waals surface area contributed by atoms with Crippen molar-refractivity contribution >= 4 is 22.6 Å². The molecule has 3 rings (SSSR count). The highest BCUT2D eigenvalue weighted by Crippen LogP contribution is 2.14. The summed E-state index contributed by atoms with van der Waals surface area (Å²) < 4.78 is 6.70. The number of aromatic nitrogens is 2. The molecule has 1 N–H and O–H groups in total. The van der Waals surface area contributed by atoms with Crippen LogP contribution >= 0.6 is 11.3 Å². The number of oxazole rings is 1. The Bertz CT molecular complexity index is 772. The predicted octanol–water partition coefficient (Wildman–Crippen LogP) is 2.15. The lowest BCUT2D eigenvalue weighted by Crippen LogP contribution is -2.24.